The number of furan rings is 1. The quantitative estimate of drug-likeness (QED) is 0.298. The van der Waals surface area contributed by atoms with Gasteiger partial charge in [0.2, 0.25) is 0 Å². The Morgan fingerprint density at radius 1 is 1.14 bits per heavy atom. The van der Waals surface area contributed by atoms with Crippen LogP contribution in [0, 0.1) is 0 Å². The molecule has 2 heterocycles. The van der Waals surface area contributed by atoms with Crippen molar-refractivity contribution in [2.75, 3.05) is 26.2 Å². The van der Waals surface area contributed by atoms with E-state index in [2.05, 4.69) is 46.7 Å². The van der Waals surface area contributed by atoms with Crippen molar-refractivity contribution in [2.24, 2.45) is 4.99 Å². The number of rotatable bonds is 9. The maximum atomic E-state index is 5.43. The molecule has 0 amide bonds. The summed E-state index contributed by atoms with van der Waals surface area (Å²) in [4.78, 5) is 7.42. The van der Waals surface area contributed by atoms with Crippen LogP contribution in [0.25, 0.3) is 0 Å². The number of nitrogens with one attached hydrogen (secondary N) is 2. The minimum absolute atomic E-state index is 0. The van der Waals surface area contributed by atoms with Crippen LogP contribution in [-0.4, -0.2) is 43.1 Å². The zero-order valence-corrected chi connectivity index (χ0v) is 19.8. The summed E-state index contributed by atoms with van der Waals surface area (Å²) in [6.45, 7) is 7.35. The van der Waals surface area contributed by atoms with Gasteiger partial charge in [0, 0.05) is 32.1 Å². The molecule has 5 nitrogen and oxygen atoms in total. The van der Waals surface area contributed by atoms with E-state index >= 15 is 0 Å². The third-order valence-electron chi connectivity index (χ3n) is 5.26. The monoisotopic (exact) mass is 510 g/mol. The van der Waals surface area contributed by atoms with Crippen LogP contribution < -0.4 is 10.6 Å². The highest BCUT2D eigenvalue weighted by Crippen LogP contribution is 2.11. The van der Waals surface area contributed by atoms with E-state index in [-0.39, 0.29) is 24.0 Å². The van der Waals surface area contributed by atoms with E-state index in [9.17, 15) is 0 Å². The van der Waals surface area contributed by atoms with E-state index in [1.165, 1.54) is 50.9 Å². The Hall–Kier alpha value is -1.54. The molecule has 0 saturated carbocycles. The van der Waals surface area contributed by atoms with Gasteiger partial charge in [-0.15, -0.1) is 24.0 Å². The van der Waals surface area contributed by atoms with Gasteiger partial charge in [0.1, 0.15) is 5.76 Å². The number of piperidine rings is 1. The van der Waals surface area contributed by atoms with Gasteiger partial charge < -0.3 is 20.0 Å². The van der Waals surface area contributed by atoms with Gasteiger partial charge in [-0.2, -0.15) is 0 Å². The summed E-state index contributed by atoms with van der Waals surface area (Å²) in [6, 6.07) is 14.9. The summed E-state index contributed by atoms with van der Waals surface area (Å²) in [7, 11) is 0. The van der Waals surface area contributed by atoms with Crippen molar-refractivity contribution in [3.05, 3.63) is 60.1 Å². The first kappa shape index (κ1) is 23.7. The fourth-order valence-electron chi connectivity index (χ4n) is 3.54. The summed E-state index contributed by atoms with van der Waals surface area (Å²) in [5.74, 6) is 1.90. The Labute approximate surface area is 192 Å². The van der Waals surface area contributed by atoms with Crippen LogP contribution in [0.1, 0.15) is 43.9 Å². The molecule has 0 spiro atoms. The molecule has 3 rings (SSSR count). The number of aliphatic imine (C=N–C) groups is 1. The third-order valence-corrected chi connectivity index (χ3v) is 5.26. The number of benzene rings is 1. The first-order valence-corrected chi connectivity index (χ1v) is 10.7. The molecule has 1 aromatic carbocycles. The normalized spacial score (nSPS) is 15.7. The van der Waals surface area contributed by atoms with Crippen LogP contribution in [0.4, 0.5) is 0 Å². The molecule has 1 aliphatic heterocycles. The molecular weight excluding hydrogens is 475 g/mol. The molecular formula is C23H35IN4O. The van der Waals surface area contributed by atoms with Crippen molar-refractivity contribution in [1.82, 2.24) is 15.5 Å². The van der Waals surface area contributed by atoms with Gasteiger partial charge >= 0.3 is 0 Å². The first-order chi connectivity index (χ1) is 13.8. The van der Waals surface area contributed by atoms with E-state index in [0.29, 0.717) is 12.6 Å². The summed E-state index contributed by atoms with van der Waals surface area (Å²) in [5, 5.41) is 7.15. The minimum Gasteiger partial charge on any atom is -0.469 e. The van der Waals surface area contributed by atoms with Gasteiger partial charge in [-0.05, 0) is 43.5 Å². The molecule has 0 radical (unpaired) electrons. The second-order valence-corrected chi connectivity index (χ2v) is 7.52. The minimum atomic E-state index is 0. The Balaban J connectivity index is 0.00000300. The lowest BCUT2D eigenvalue weighted by Crippen LogP contribution is -2.49. The number of hydrogen-bond donors (Lipinski definition) is 2. The number of guanidine groups is 1. The number of likely N-dealkylation sites (tertiary alicyclic amines) is 1. The Morgan fingerprint density at radius 3 is 2.62 bits per heavy atom. The van der Waals surface area contributed by atoms with Gasteiger partial charge in [0.05, 0.1) is 12.8 Å². The van der Waals surface area contributed by atoms with Crippen molar-refractivity contribution in [3.8, 4) is 0 Å². The molecule has 6 heteroatoms. The largest absolute Gasteiger partial charge is 0.469 e. The summed E-state index contributed by atoms with van der Waals surface area (Å²) >= 11 is 0. The number of halogens is 1. The summed E-state index contributed by atoms with van der Waals surface area (Å²) in [6.07, 6.45) is 7.50. The van der Waals surface area contributed by atoms with Crippen molar-refractivity contribution in [2.45, 2.75) is 51.6 Å². The predicted molar refractivity (Wildman–Crippen MR) is 131 cm³/mol. The Bertz CT molecular complexity index is 682. The molecule has 2 N–H and O–H groups in total. The van der Waals surface area contributed by atoms with E-state index < -0.39 is 0 Å². The number of unbranched alkanes of at least 4 members (excludes halogenated alkanes) is 1. The number of hydrogen-bond acceptors (Lipinski definition) is 3. The SMILES string of the molecule is CCCCN1CCC(NC(=NCc2ccccc2)NCCc2ccco2)CC1.I. The van der Waals surface area contributed by atoms with Gasteiger partial charge in [0.15, 0.2) is 5.96 Å². The highest BCUT2D eigenvalue weighted by Gasteiger charge is 2.19. The van der Waals surface area contributed by atoms with E-state index in [4.69, 9.17) is 9.41 Å². The average Bonchev–Trinajstić information content (AvgIpc) is 3.25. The van der Waals surface area contributed by atoms with Crippen LogP contribution in [0.3, 0.4) is 0 Å². The zero-order chi connectivity index (χ0) is 19.4. The fourth-order valence-corrected chi connectivity index (χ4v) is 3.54. The van der Waals surface area contributed by atoms with E-state index in [0.717, 1.165) is 24.7 Å². The molecule has 160 valence electrons. The molecule has 0 bridgehead atoms. The lowest BCUT2D eigenvalue weighted by molar-refractivity contribution is 0.203. The summed E-state index contributed by atoms with van der Waals surface area (Å²) < 4.78 is 5.43. The maximum absolute atomic E-state index is 5.43. The van der Waals surface area contributed by atoms with Gasteiger partial charge in [-0.3, -0.25) is 0 Å². The van der Waals surface area contributed by atoms with E-state index in [1.807, 2.05) is 18.2 Å². The summed E-state index contributed by atoms with van der Waals surface area (Å²) in [5.41, 5.74) is 1.23. The molecule has 29 heavy (non-hydrogen) atoms. The highest BCUT2D eigenvalue weighted by molar-refractivity contribution is 14.0. The highest BCUT2D eigenvalue weighted by atomic mass is 127. The molecule has 1 aliphatic rings. The van der Waals surface area contributed by atoms with Crippen molar-refractivity contribution in [1.29, 1.82) is 0 Å². The molecule has 1 aromatic heterocycles. The van der Waals surface area contributed by atoms with Gasteiger partial charge in [-0.25, -0.2) is 4.99 Å². The Kier molecular flexibility index (Phi) is 11.2. The predicted octanol–water partition coefficient (Wildman–Crippen LogP) is 4.44. The zero-order valence-electron chi connectivity index (χ0n) is 17.5. The molecule has 1 fully saturated rings. The van der Waals surface area contributed by atoms with Gasteiger partial charge in [-0.1, -0.05) is 43.7 Å². The van der Waals surface area contributed by atoms with Gasteiger partial charge in [0.25, 0.3) is 0 Å². The standard InChI is InChI=1S/C23H34N4O.HI/c1-2-3-15-27-16-12-21(13-17-27)26-23(24-14-11-22-10-7-18-28-22)25-19-20-8-5-4-6-9-20;/h4-10,18,21H,2-3,11-17,19H2,1H3,(H2,24,25,26);1H. The average molecular weight is 510 g/mol. The topological polar surface area (TPSA) is 52.8 Å². The van der Waals surface area contributed by atoms with E-state index in [1.54, 1.807) is 6.26 Å². The fraction of sp³-hybridized carbons (Fsp3) is 0.522. The molecule has 1 saturated heterocycles. The smallest absolute Gasteiger partial charge is 0.191 e. The molecule has 0 unspecified atom stereocenters. The lowest BCUT2D eigenvalue weighted by Gasteiger charge is -2.33. The Morgan fingerprint density at radius 2 is 1.93 bits per heavy atom. The van der Waals surface area contributed by atoms with Crippen LogP contribution in [0.15, 0.2) is 58.1 Å². The lowest BCUT2D eigenvalue weighted by atomic mass is 10.0. The van der Waals surface area contributed by atoms with Crippen LogP contribution in [0.2, 0.25) is 0 Å². The van der Waals surface area contributed by atoms with Crippen LogP contribution >= 0.6 is 24.0 Å². The molecule has 0 aliphatic carbocycles. The second kappa shape index (κ2) is 13.6. The first-order valence-electron chi connectivity index (χ1n) is 10.7. The maximum Gasteiger partial charge on any atom is 0.191 e. The van der Waals surface area contributed by atoms with Crippen molar-refractivity contribution in [3.63, 3.8) is 0 Å². The van der Waals surface area contributed by atoms with Crippen LogP contribution in [0.5, 0.6) is 0 Å². The van der Waals surface area contributed by atoms with Crippen LogP contribution in [-0.2, 0) is 13.0 Å². The number of nitrogens with zero attached hydrogens (tertiary/aromatic N) is 2. The van der Waals surface area contributed by atoms with Crippen molar-refractivity contribution >= 4 is 29.9 Å². The van der Waals surface area contributed by atoms with Crippen molar-refractivity contribution < 1.29 is 4.42 Å². The molecule has 2 aromatic rings. The third kappa shape index (κ3) is 8.78. The second-order valence-electron chi connectivity index (χ2n) is 7.52. The molecule has 0 atom stereocenters.